The van der Waals surface area contributed by atoms with Gasteiger partial charge in [-0.25, -0.2) is 4.98 Å². The number of H-pyrrole nitrogens is 1. The Morgan fingerprint density at radius 2 is 2.46 bits per heavy atom. The van der Waals surface area contributed by atoms with Gasteiger partial charge in [0.2, 0.25) is 0 Å². The van der Waals surface area contributed by atoms with Gasteiger partial charge in [0.25, 0.3) is 0 Å². The molecule has 2 aromatic rings. The molecule has 0 fully saturated rings. The van der Waals surface area contributed by atoms with Crippen molar-refractivity contribution in [1.82, 2.24) is 9.97 Å². The normalized spacial score (nSPS) is 9.62. The van der Waals surface area contributed by atoms with Crippen LogP contribution in [0.25, 0.3) is 11.0 Å². The van der Waals surface area contributed by atoms with Crippen molar-refractivity contribution in [1.29, 1.82) is 0 Å². The van der Waals surface area contributed by atoms with E-state index >= 15 is 0 Å². The van der Waals surface area contributed by atoms with Gasteiger partial charge in [0.1, 0.15) is 5.65 Å². The lowest BCUT2D eigenvalue weighted by atomic mass is 10.2. The molecule has 0 aliphatic carbocycles. The summed E-state index contributed by atoms with van der Waals surface area (Å²) in [5.74, 6) is 6.13. The summed E-state index contributed by atoms with van der Waals surface area (Å²) in [6, 6.07) is 3.87. The van der Waals surface area contributed by atoms with E-state index in [0.717, 1.165) is 16.6 Å². The molecule has 1 N–H and O–H groups in total. The van der Waals surface area contributed by atoms with Crippen LogP contribution >= 0.6 is 11.6 Å². The second-order valence-electron chi connectivity index (χ2n) is 2.54. The van der Waals surface area contributed by atoms with Crippen molar-refractivity contribution in [3.05, 3.63) is 30.1 Å². The van der Waals surface area contributed by atoms with Crippen molar-refractivity contribution in [2.24, 2.45) is 0 Å². The highest BCUT2D eigenvalue weighted by atomic mass is 35.5. The predicted molar refractivity (Wildman–Crippen MR) is 53.7 cm³/mol. The van der Waals surface area contributed by atoms with E-state index in [0.29, 0.717) is 5.88 Å². The molecule has 0 saturated carbocycles. The summed E-state index contributed by atoms with van der Waals surface area (Å²) in [6.45, 7) is 0. The van der Waals surface area contributed by atoms with E-state index in [-0.39, 0.29) is 0 Å². The number of fused-ring (bicyclic) bond motifs is 1. The topological polar surface area (TPSA) is 28.7 Å². The van der Waals surface area contributed by atoms with Crippen molar-refractivity contribution in [3.8, 4) is 11.8 Å². The number of halogens is 1. The zero-order chi connectivity index (χ0) is 9.10. The highest BCUT2D eigenvalue weighted by molar-refractivity contribution is 6.19. The van der Waals surface area contributed by atoms with E-state index in [9.17, 15) is 0 Å². The number of hydrogen-bond donors (Lipinski definition) is 1. The first-order chi connectivity index (χ1) is 6.42. The second-order valence-corrected chi connectivity index (χ2v) is 2.80. The van der Waals surface area contributed by atoms with Crippen molar-refractivity contribution in [2.75, 3.05) is 5.88 Å². The highest BCUT2D eigenvalue weighted by Gasteiger charge is 1.99. The summed E-state index contributed by atoms with van der Waals surface area (Å²) < 4.78 is 0. The lowest BCUT2D eigenvalue weighted by molar-refractivity contribution is 1.33. The number of rotatable bonds is 0. The van der Waals surface area contributed by atoms with E-state index < -0.39 is 0 Å². The molecular formula is C10H7ClN2. The van der Waals surface area contributed by atoms with E-state index in [2.05, 4.69) is 21.8 Å². The third-order valence-electron chi connectivity index (χ3n) is 1.74. The number of hydrogen-bond acceptors (Lipinski definition) is 1. The quantitative estimate of drug-likeness (QED) is 0.501. The van der Waals surface area contributed by atoms with Crippen molar-refractivity contribution in [3.63, 3.8) is 0 Å². The van der Waals surface area contributed by atoms with Crippen LogP contribution in [0.1, 0.15) is 5.56 Å². The fourth-order valence-corrected chi connectivity index (χ4v) is 1.25. The minimum atomic E-state index is 0.354. The fourth-order valence-electron chi connectivity index (χ4n) is 1.19. The Morgan fingerprint density at radius 1 is 1.54 bits per heavy atom. The molecule has 0 radical (unpaired) electrons. The molecule has 0 atom stereocenters. The van der Waals surface area contributed by atoms with Crippen LogP contribution in [-0.2, 0) is 0 Å². The highest BCUT2D eigenvalue weighted by Crippen LogP contribution is 2.13. The summed E-state index contributed by atoms with van der Waals surface area (Å²) in [7, 11) is 0. The van der Waals surface area contributed by atoms with Crippen molar-refractivity contribution >= 4 is 22.6 Å². The molecule has 2 heterocycles. The summed E-state index contributed by atoms with van der Waals surface area (Å²) in [6.07, 6.45) is 3.59. The summed E-state index contributed by atoms with van der Waals surface area (Å²) >= 11 is 5.47. The summed E-state index contributed by atoms with van der Waals surface area (Å²) in [5, 5.41) is 1.04. The molecular weight excluding hydrogens is 184 g/mol. The van der Waals surface area contributed by atoms with Gasteiger partial charge in [0, 0.05) is 17.8 Å². The molecule has 2 nitrogen and oxygen atoms in total. The van der Waals surface area contributed by atoms with Gasteiger partial charge in [-0.3, -0.25) is 0 Å². The van der Waals surface area contributed by atoms with E-state index in [1.54, 1.807) is 6.20 Å². The number of nitrogens with one attached hydrogen (secondary N) is 1. The zero-order valence-electron chi connectivity index (χ0n) is 6.84. The van der Waals surface area contributed by atoms with Gasteiger partial charge in [0.05, 0.1) is 11.4 Å². The van der Waals surface area contributed by atoms with Crippen molar-refractivity contribution in [2.45, 2.75) is 0 Å². The first-order valence-electron chi connectivity index (χ1n) is 3.89. The van der Waals surface area contributed by atoms with Gasteiger partial charge in [0.15, 0.2) is 0 Å². The van der Waals surface area contributed by atoms with Crippen LogP contribution < -0.4 is 0 Å². The van der Waals surface area contributed by atoms with E-state index in [4.69, 9.17) is 11.6 Å². The lowest BCUT2D eigenvalue weighted by Gasteiger charge is -1.86. The van der Waals surface area contributed by atoms with Crippen LogP contribution in [0.3, 0.4) is 0 Å². The molecule has 0 saturated heterocycles. The monoisotopic (exact) mass is 190 g/mol. The Hall–Kier alpha value is -1.46. The molecule has 0 amide bonds. The van der Waals surface area contributed by atoms with Crippen LogP contribution in [0.4, 0.5) is 0 Å². The SMILES string of the molecule is ClCC#Cc1c[nH]c2ncccc12. The molecule has 0 unspecified atom stereocenters. The van der Waals surface area contributed by atoms with Gasteiger partial charge in [-0.15, -0.1) is 11.6 Å². The van der Waals surface area contributed by atoms with Gasteiger partial charge >= 0.3 is 0 Å². The Morgan fingerprint density at radius 3 is 3.31 bits per heavy atom. The molecule has 0 aliphatic rings. The van der Waals surface area contributed by atoms with Crippen LogP contribution in [0.5, 0.6) is 0 Å². The number of pyridine rings is 1. The standard InChI is InChI=1S/C10H7ClN2/c11-5-1-3-8-7-13-10-9(8)4-2-6-12-10/h2,4,6-7H,5H2,(H,12,13). The summed E-state index contributed by atoms with van der Waals surface area (Å²) in [4.78, 5) is 7.19. The fraction of sp³-hybridized carbons (Fsp3) is 0.100. The minimum absolute atomic E-state index is 0.354. The maximum absolute atomic E-state index is 5.47. The van der Waals surface area contributed by atoms with Gasteiger partial charge in [-0.1, -0.05) is 11.8 Å². The van der Waals surface area contributed by atoms with Crippen LogP contribution in [0.15, 0.2) is 24.5 Å². The van der Waals surface area contributed by atoms with Crippen LogP contribution in [-0.4, -0.2) is 15.8 Å². The first kappa shape index (κ1) is 8.15. The Kier molecular flexibility index (Phi) is 2.20. The third kappa shape index (κ3) is 1.51. The smallest absolute Gasteiger partial charge is 0.138 e. The Balaban J connectivity index is 2.58. The largest absolute Gasteiger partial charge is 0.345 e. The number of alkyl halides is 1. The average Bonchev–Trinajstić information content (AvgIpc) is 2.58. The molecule has 2 aromatic heterocycles. The molecule has 0 aliphatic heterocycles. The Bertz CT molecular complexity index is 476. The molecule has 0 spiro atoms. The van der Waals surface area contributed by atoms with Crippen molar-refractivity contribution < 1.29 is 0 Å². The predicted octanol–water partition coefficient (Wildman–Crippen LogP) is 2.15. The van der Waals surface area contributed by atoms with Gasteiger partial charge < -0.3 is 4.98 Å². The maximum Gasteiger partial charge on any atom is 0.138 e. The van der Waals surface area contributed by atoms with Gasteiger partial charge in [-0.2, -0.15) is 0 Å². The number of nitrogens with zero attached hydrogens (tertiary/aromatic N) is 1. The number of aromatic nitrogens is 2. The van der Waals surface area contributed by atoms with E-state index in [1.807, 2.05) is 18.3 Å². The zero-order valence-corrected chi connectivity index (χ0v) is 7.60. The summed E-state index contributed by atoms with van der Waals surface area (Å²) in [5.41, 5.74) is 1.81. The Labute approximate surface area is 80.9 Å². The average molecular weight is 191 g/mol. The number of aromatic amines is 1. The van der Waals surface area contributed by atoms with E-state index in [1.165, 1.54) is 0 Å². The second kappa shape index (κ2) is 3.51. The minimum Gasteiger partial charge on any atom is -0.345 e. The molecule has 64 valence electrons. The molecule has 0 bridgehead atoms. The first-order valence-corrected chi connectivity index (χ1v) is 4.42. The lowest BCUT2D eigenvalue weighted by Crippen LogP contribution is -1.73. The molecule has 2 rings (SSSR count). The third-order valence-corrected chi connectivity index (χ3v) is 1.87. The van der Waals surface area contributed by atoms with Crippen LogP contribution in [0.2, 0.25) is 0 Å². The molecule has 3 heteroatoms. The van der Waals surface area contributed by atoms with Crippen LogP contribution in [0, 0.1) is 11.8 Å². The van der Waals surface area contributed by atoms with Gasteiger partial charge in [-0.05, 0) is 12.1 Å². The molecule has 0 aromatic carbocycles. The molecule has 13 heavy (non-hydrogen) atoms. The maximum atomic E-state index is 5.47.